The lowest BCUT2D eigenvalue weighted by atomic mass is 10.1. The number of carbonyl (C=O) groups excluding carboxylic acids is 2. The number of sulfonamides is 1. The molecular weight excluding hydrogens is 502 g/mol. The molecule has 0 bridgehead atoms. The molecular formula is C26H36ClN3O5S. The molecule has 0 radical (unpaired) electrons. The van der Waals surface area contributed by atoms with Crippen molar-refractivity contribution in [1.29, 1.82) is 0 Å². The minimum absolute atomic E-state index is 0.175. The summed E-state index contributed by atoms with van der Waals surface area (Å²) in [5.41, 5.74) is 1.69. The van der Waals surface area contributed by atoms with Crippen LogP contribution in [0.1, 0.15) is 44.7 Å². The van der Waals surface area contributed by atoms with Crippen LogP contribution >= 0.6 is 11.6 Å². The number of rotatable bonds is 15. The SMILES string of the molecule is CCNS(=O)(=O)c1ccc(CCC(=O)N(Cc2ccc(Cl)cc2)C(C)C(=O)NCCCOCC)cc1. The number of nitrogens with one attached hydrogen (secondary N) is 2. The van der Waals surface area contributed by atoms with Crippen LogP contribution in [0, 0.1) is 0 Å². The van der Waals surface area contributed by atoms with Crippen LogP contribution in [0.4, 0.5) is 0 Å². The van der Waals surface area contributed by atoms with Gasteiger partial charge in [-0.05, 0) is 62.1 Å². The topological polar surface area (TPSA) is 105 Å². The van der Waals surface area contributed by atoms with Gasteiger partial charge < -0.3 is 15.0 Å². The summed E-state index contributed by atoms with van der Waals surface area (Å²) in [4.78, 5) is 27.8. The quantitative estimate of drug-likeness (QED) is 0.338. The van der Waals surface area contributed by atoms with Gasteiger partial charge in [0.05, 0.1) is 4.90 Å². The number of hydrogen-bond acceptors (Lipinski definition) is 5. The Morgan fingerprint density at radius 3 is 2.28 bits per heavy atom. The fourth-order valence-corrected chi connectivity index (χ4v) is 4.72. The third-order valence-electron chi connectivity index (χ3n) is 5.60. The van der Waals surface area contributed by atoms with Crippen molar-refractivity contribution >= 4 is 33.4 Å². The third-order valence-corrected chi connectivity index (χ3v) is 7.41. The minimum Gasteiger partial charge on any atom is -0.382 e. The maximum absolute atomic E-state index is 13.3. The number of benzene rings is 2. The van der Waals surface area contributed by atoms with E-state index in [0.29, 0.717) is 44.2 Å². The molecule has 0 aromatic heterocycles. The first-order chi connectivity index (χ1) is 17.2. The number of ether oxygens (including phenoxy) is 1. The summed E-state index contributed by atoms with van der Waals surface area (Å²) in [6.45, 7) is 7.58. The first kappa shape index (κ1) is 29.8. The Labute approximate surface area is 219 Å². The Bertz CT molecular complexity index is 1080. The third kappa shape index (κ3) is 9.54. The number of halogens is 1. The number of aryl methyl sites for hydroxylation is 1. The number of nitrogens with zero attached hydrogens (tertiary/aromatic N) is 1. The first-order valence-corrected chi connectivity index (χ1v) is 14.0. The summed E-state index contributed by atoms with van der Waals surface area (Å²) in [5.74, 6) is -0.405. The van der Waals surface area contributed by atoms with E-state index in [1.165, 1.54) is 12.1 Å². The molecule has 0 aliphatic rings. The van der Waals surface area contributed by atoms with Gasteiger partial charge in [0, 0.05) is 44.3 Å². The van der Waals surface area contributed by atoms with Crippen LogP contribution in [-0.4, -0.2) is 57.5 Å². The number of hydrogen-bond donors (Lipinski definition) is 2. The van der Waals surface area contributed by atoms with E-state index in [-0.39, 0.29) is 29.7 Å². The summed E-state index contributed by atoms with van der Waals surface area (Å²) < 4.78 is 32.0. The standard InChI is InChI=1S/C26H36ClN3O5S/c1-4-29-36(33,34)24-14-9-21(10-15-24)11-16-25(31)30(19-22-7-12-23(27)13-8-22)20(3)26(32)28-17-6-18-35-5-2/h7-10,12-15,20,29H,4-6,11,16-19H2,1-3H3,(H,28,32). The van der Waals surface area contributed by atoms with E-state index in [2.05, 4.69) is 10.0 Å². The Hall–Kier alpha value is -2.46. The van der Waals surface area contributed by atoms with Crippen LogP contribution in [0.2, 0.25) is 5.02 Å². The van der Waals surface area contributed by atoms with Gasteiger partial charge in [0.15, 0.2) is 0 Å². The molecule has 1 atom stereocenters. The van der Waals surface area contributed by atoms with E-state index in [1.807, 2.05) is 19.1 Å². The Balaban J connectivity index is 2.07. The van der Waals surface area contributed by atoms with Crippen molar-refractivity contribution < 1.29 is 22.7 Å². The average molecular weight is 538 g/mol. The summed E-state index contributed by atoms with van der Waals surface area (Å²) in [5, 5.41) is 3.47. The van der Waals surface area contributed by atoms with Crippen LogP contribution in [0.15, 0.2) is 53.4 Å². The Kier molecular flexibility index (Phi) is 12.4. The predicted octanol–water partition coefficient (Wildman–Crippen LogP) is 3.53. The zero-order valence-corrected chi connectivity index (χ0v) is 22.7. The second-order valence-electron chi connectivity index (χ2n) is 8.31. The average Bonchev–Trinajstić information content (AvgIpc) is 2.86. The fraction of sp³-hybridized carbons (Fsp3) is 0.462. The maximum atomic E-state index is 13.3. The van der Waals surface area contributed by atoms with Gasteiger partial charge in [0.25, 0.3) is 0 Å². The lowest BCUT2D eigenvalue weighted by molar-refractivity contribution is -0.140. The van der Waals surface area contributed by atoms with E-state index in [4.69, 9.17) is 16.3 Å². The summed E-state index contributed by atoms with van der Waals surface area (Å²) in [6.07, 6.45) is 1.28. The zero-order valence-electron chi connectivity index (χ0n) is 21.1. The molecule has 0 heterocycles. The molecule has 0 saturated carbocycles. The van der Waals surface area contributed by atoms with Crippen LogP contribution < -0.4 is 10.0 Å². The minimum atomic E-state index is -3.53. The van der Waals surface area contributed by atoms with Gasteiger partial charge in [-0.1, -0.05) is 42.8 Å². The molecule has 0 saturated heterocycles. The highest BCUT2D eigenvalue weighted by atomic mass is 35.5. The second-order valence-corrected chi connectivity index (χ2v) is 10.5. The highest BCUT2D eigenvalue weighted by molar-refractivity contribution is 7.89. The molecule has 0 aliphatic heterocycles. The Morgan fingerprint density at radius 1 is 1.03 bits per heavy atom. The maximum Gasteiger partial charge on any atom is 0.242 e. The van der Waals surface area contributed by atoms with E-state index in [1.54, 1.807) is 43.0 Å². The monoisotopic (exact) mass is 537 g/mol. The summed E-state index contributed by atoms with van der Waals surface area (Å²) in [6, 6.07) is 13.0. The van der Waals surface area contributed by atoms with E-state index < -0.39 is 16.1 Å². The van der Waals surface area contributed by atoms with Gasteiger partial charge in [-0.15, -0.1) is 0 Å². The van der Waals surface area contributed by atoms with Crippen molar-refractivity contribution in [3.05, 3.63) is 64.7 Å². The normalized spacial score (nSPS) is 12.2. The first-order valence-electron chi connectivity index (χ1n) is 12.2. The van der Waals surface area contributed by atoms with Crippen LogP contribution in [0.5, 0.6) is 0 Å². The molecule has 0 fully saturated rings. The molecule has 2 rings (SSSR count). The predicted molar refractivity (Wildman–Crippen MR) is 141 cm³/mol. The molecule has 2 amide bonds. The molecule has 2 aromatic carbocycles. The van der Waals surface area contributed by atoms with Gasteiger partial charge in [0.1, 0.15) is 6.04 Å². The fourth-order valence-electron chi connectivity index (χ4n) is 3.55. The highest BCUT2D eigenvalue weighted by Gasteiger charge is 2.26. The van der Waals surface area contributed by atoms with Crippen molar-refractivity contribution in [3.63, 3.8) is 0 Å². The smallest absolute Gasteiger partial charge is 0.242 e. The van der Waals surface area contributed by atoms with Gasteiger partial charge in [-0.2, -0.15) is 0 Å². The van der Waals surface area contributed by atoms with E-state index in [0.717, 1.165) is 11.1 Å². The molecule has 10 heteroatoms. The van der Waals surface area contributed by atoms with Crippen LogP contribution in [0.25, 0.3) is 0 Å². The molecule has 0 spiro atoms. The number of carbonyl (C=O) groups is 2. The van der Waals surface area contributed by atoms with Crippen LogP contribution in [0.3, 0.4) is 0 Å². The van der Waals surface area contributed by atoms with E-state index in [9.17, 15) is 18.0 Å². The molecule has 1 unspecified atom stereocenters. The van der Waals surface area contributed by atoms with Gasteiger partial charge in [-0.3, -0.25) is 9.59 Å². The molecule has 2 aromatic rings. The van der Waals surface area contributed by atoms with Crippen molar-refractivity contribution in [2.75, 3.05) is 26.3 Å². The van der Waals surface area contributed by atoms with Crippen molar-refractivity contribution in [2.45, 2.75) is 57.5 Å². The molecule has 2 N–H and O–H groups in total. The molecule has 36 heavy (non-hydrogen) atoms. The van der Waals surface area contributed by atoms with Gasteiger partial charge in [-0.25, -0.2) is 13.1 Å². The van der Waals surface area contributed by atoms with Crippen LogP contribution in [-0.2, 0) is 37.3 Å². The highest BCUT2D eigenvalue weighted by Crippen LogP contribution is 2.17. The molecule has 198 valence electrons. The zero-order chi connectivity index (χ0) is 26.6. The van der Waals surface area contributed by atoms with Crippen molar-refractivity contribution in [3.8, 4) is 0 Å². The second kappa shape index (κ2) is 14.9. The lowest BCUT2D eigenvalue weighted by Gasteiger charge is -2.29. The Morgan fingerprint density at radius 2 is 1.67 bits per heavy atom. The van der Waals surface area contributed by atoms with Crippen molar-refractivity contribution in [1.82, 2.24) is 14.9 Å². The van der Waals surface area contributed by atoms with Crippen molar-refractivity contribution in [2.24, 2.45) is 0 Å². The van der Waals surface area contributed by atoms with Gasteiger partial charge >= 0.3 is 0 Å². The molecule has 8 nitrogen and oxygen atoms in total. The number of amides is 2. The largest absolute Gasteiger partial charge is 0.382 e. The van der Waals surface area contributed by atoms with E-state index >= 15 is 0 Å². The summed E-state index contributed by atoms with van der Waals surface area (Å²) >= 11 is 5.99. The molecule has 0 aliphatic carbocycles. The van der Waals surface area contributed by atoms with Gasteiger partial charge in [0.2, 0.25) is 21.8 Å². The lowest BCUT2D eigenvalue weighted by Crippen LogP contribution is -2.48. The summed E-state index contributed by atoms with van der Waals surface area (Å²) in [7, 11) is -3.53.